The van der Waals surface area contributed by atoms with E-state index in [1.807, 2.05) is 6.07 Å². The van der Waals surface area contributed by atoms with E-state index in [1.54, 1.807) is 30.3 Å². The highest BCUT2D eigenvalue weighted by atomic mass is 35.5. The number of halogens is 1. The molecule has 0 fully saturated rings. The van der Waals surface area contributed by atoms with Gasteiger partial charge in [-0.15, -0.1) is 0 Å². The van der Waals surface area contributed by atoms with Crippen molar-refractivity contribution in [2.24, 2.45) is 0 Å². The molecule has 0 saturated carbocycles. The van der Waals surface area contributed by atoms with Crippen molar-refractivity contribution in [3.05, 3.63) is 41.4 Å². The van der Waals surface area contributed by atoms with Crippen molar-refractivity contribution in [2.45, 2.75) is 0 Å². The van der Waals surface area contributed by atoms with Gasteiger partial charge < -0.3 is 15.8 Å². The molecule has 5 heteroatoms. The number of rotatable bonds is 1. The fraction of sp³-hybridized carbons (Fsp3) is 0. The number of nitrogens with one attached hydrogen (secondary N) is 1. The number of fused-ring (bicyclic) bond motifs is 1. The quantitative estimate of drug-likeness (QED) is 0.588. The van der Waals surface area contributed by atoms with Gasteiger partial charge in [0.25, 0.3) is 0 Å². The Morgan fingerprint density at radius 2 is 2.00 bits per heavy atom. The molecule has 0 unspecified atom stereocenters. The van der Waals surface area contributed by atoms with Crippen molar-refractivity contribution < 1.29 is 5.11 Å². The summed E-state index contributed by atoms with van der Waals surface area (Å²) in [5.74, 6) is 0.853. The monoisotopic (exact) mass is 259 g/mol. The maximum Gasteiger partial charge on any atom is 0.140 e. The van der Waals surface area contributed by atoms with Crippen LogP contribution in [0.15, 0.2) is 36.4 Å². The van der Waals surface area contributed by atoms with Crippen molar-refractivity contribution in [1.82, 2.24) is 9.97 Å². The number of nitrogens with two attached hydrogens (primary N) is 1. The van der Waals surface area contributed by atoms with Gasteiger partial charge in [0, 0.05) is 22.3 Å². The Kier molecular flexibility index (Phi) is 2.38. The summed E-state index contributed by atoms with van der Waals surface area (Å²) in [5.41, 5.74) is 8.80. The Morgan fingerprint density at radius 1 is 1.17 bits per heavy atom. The van der Waals surface area contributed by atoms with Gasteiger partial charge in [-0.2, -0.15) is 0 Å². The predicted octanol–water partition coefficient (Wildman–Crippen LogP) is 3.17. The largest absolute Gasteiger partial charge is 0.508 e. The SMILES string of the molecule is Nc1cc(Cl)ccc1-c1nc2ccc(O)cc2[nH]1. The van der Waals surface area contributed by atoms with Crippen molar-refractivity contribution in [3.8, 4) is 17.1 Å². The average Bonchev–Trinajstić information content (AvgIpc) is 2.71. The minimum Gasteiger partial charge on any atom is -0.508 e. The Morgan fingerprint density at radius 3 is 2.78 bits per heavy atom. The van der Waals surface area contributed by atoms with Crippen LogP contribution in [0.4, 0.5) is 5.69 Å². The first-order valence-electron chi connectivity index (χ1n) is 5.37. The number of benzene rings is 2. The number of nitrogen functional groups attached to an aromatic ring is 1. The fourth-order valence-corrected chi connectivity index (χ4v) is 2.05. The summed E-state index contributed by atoms with van der Waals surface area (Å²) in [6, 6.07) is 10.2. The second kappa shape index (κ2) is 3.92. The van der Waals surface area contributed by atoms with Gasteiger partial charge in [0.15, 0.2) is 0 Å². The second-order valence-electron chi connectivity index (χ2n) is 4.02. The molecular weight excluding hydrogens is 250 g/mol. The Labute approximate surface area is 108 Å². The average molecular weight is 260 g/mol. The highest BCUT2D eigenvalue weighted by molar-refractivity contribution is 6.31. The summed E-state index contributed by atoms with van der Waals surface area (Å²) < 4.78 is 0. The highest BCUT2D eigenvalue weighted by Gasteiger charge is 2.09. The molecular formula is C13H10ClN3O. The number of anilines is 1. The normalized spacial score (nSPS) is 10.9. The van der Waals surface area contributed by atoms with Crippen molar-refractivity contribution >= 4 is 28.3 Å². The lowest BCUT2D eigenvalue weighted by atomic mass is 10.2. The molecule has 3 rings (SSSR count). The van der Waals surface area contributed by atoms with Crippen LogP contribution in [0, 0.1) is 0 Å². The summed E-state index contributed by atoms with van der Waals surface area (Å²) in [6.45, 7) is 0. The molecule has 0 saturated heterocycles. The minimum absolute atomic E-state index is 0.196. The third kappa shape index (κ3) is 1.76. The number of H-pyrrole nitrogens is 1. The Hall–Kier alpha value is -2.20. The van der Waals surface area contributed by atoms with E-state index in [0.717, 1.165) is 16.6 Å². The predicted molar refractivity (Wildman–Crippen MR) is 72.6 cm³/mol. The first-order chi connectivity index (χ1) is 8.63. The van der Waals surface area contributed by atoms with Crippen molar-refractivity contribution in [3.63, 3.8) is 0 Å². The van der Waals surface area contributed by atoms with E-state index < -0.39 is 0 Å². The fourth-order valence-electron chi connectivity index (χ4n) is 1.87. The van der Waals surface area contributed by atoms with Crippen LogP contribution in [0.2, 0.25) is 5.02 Å². The van der Waals surface area contributed by atoms with Crippen molar-refractivity contribution in [1.29, 1.82) is 0 Å². The molecule has 90 valence electrons. The summed E-state index contributed by atoms with van der Waals surface area (Å²) in [6.07, 6.45) is 0. The number of imidazole rings is 1. The van der Waals surface area contributed by atoms with Crippen molar-refractivity contribution in [2.75, 3.05) is 5.73 Å². The maximum atomic E-state index is 9.41. The first-order valence-corrected chi connectivity index (χ1v) is 5.75. The lowest BCUT2D eigenvalue weighted by molar-refractivity contribution is 0.476. The van der Waals surface area contributed by atoms with Crippen LogP contribution in [0.5, 0.6) is 5.75 Å². The van der Waals surface area contributed by atoms with Crippen LogP contribution < -0.4 is 5.73 Å². The number of aromatic nitrogens is 2. The van der Waals surface area contributed by atoms with Gasteiger partial charge >= 0.3 is 0 Å². The van der Waals surface area contributed by atoms with Crippen LogP contribution in [-0.2, 0) is 0 Å². The summed E-state index contributed by atoms with van der Waals surface area (Å²) in [7, 11) is 0. The van der Waals surface area contributed by atoms with Crippen LogP contribution in [-0.4, -0.2) is 15.1 Å². The molecule has 0 spiro atoms. The van der Waals surface area contributed by atoms with E-state index in [4.69, 9.17) is 17.3 Å². The second-order valence-corrected chi connectivity index (χ2v) is 4.45. The highest BCUT2D eigenvalue weighted by Crippen LogP contribution is 2.28. The molecule has 0 bridgehead atoms. The van der Waals surface area contributed by atoms with Crippen LogP contribution >= 0.6 is 11.6 Å². The van der Waals surface area contributed by atoms with Crippen LogP contribution in [0.1, 0.15) is 0 Å². The van der Waals surface area contributed by atoms with E-state index in [2.05, 4.69) is 9.97 Å². The van der Waals surface area contributed by atoms with E-state index >= 15 is 0 Å². The molecule has 1 aromatic heterocycles. The van der Waals surface area contributed by atoms with Crippen LogP contribution in [0.25, 0.3) is 22.4 Å². The molecule has 4 N–H and O–H groups in total. The molecule has 0 aliphatic carbocycles. The van der Waals surface area contributed by atoms with Gasteiger partial charge in [0.2, 0.25) is 0 Å². The number of phenolic OH excluding ortho intramolecular Hbond substituents is 1. The lowest BCUT2D eigenvalue weighted by Crippen LogP contribution is -1.90. The number of aromatic hydroxyl groups is 1. The molecule has 4 nitrogen and oxygen atoms in total. The molecule has 18 heavy (non-hydrogen) atoms. The molecule has 1 heterocycles. The lowest BCUT2D eigenvalue weighted by Gasteiger charge is -2.02. The third-order valence-electron chi connectivity index (χ3n) is 2.73. The Bertz CT molecular complexity index is 736. The molecule has 0 aliphatic rings. The molecule has 0 amide bonds. The number of aromatic amines is 1. The Balaban J connectivity index is 2.19. The van der Waals surface area contributed by atoms with Crippen LogP contribution in [0.3, 0.4) is 0 Å². The maximum absolute atomic E-state index is 9.41. The van der Waals surface area contributed by atoms with Gasteiger partial charge in [0.1, 0.15) is 11.6 Å². The minimum atomic E-state index is 0.196. The summed E-state index contributed by atoms with van der Waals surface area (Å²) in [5, 5.41) is 10.00. The smallest absolute Gasteiger partial charge is 0.140 e. The zero-order valence-electron chi connectivity index (χ0n) is 9.31. The number of phenols is 1. The number of nitrogens with zero attached hydrogens (tertiary/aromatic N) is 1. The van der Waals surface area contributed by atoms with Gasteiger partial charge in [-0.3, -0.25) is 0 Å². The van der Waals surface area contributed by atoms with E-state index in [1.165, 1.54) is 0 Å². The molecule has 0 aliphatic heterocycles. The van der Waals surface area contributed by atoms with Gasteiger partial charge in [-0.05, 0) is 30.3 Å². The summed E-state index contributed by atoms with van der Waals surface area (Å²) in [4.78, 5) is 7.54. The zero-order chi connectivity index (χ0) is 12.7. The molecule has 2 aromatic carbocycles. The standard InChI is InChI=1S/C13H10ClN3O/c14-7-1-3-9(10(15)5-7)13-16-11-4-2-8(18)6-12(11)17-13/h1-6,18H,15H2,(H,16,17). The zero-order valence-corrected chi connectivity index (χ0v) is 10.1. The first kappa shape index (κ1) is 10.9. The van der Waals surface area contributed by atoms with E-state index in [9.17, 15) is 5.11 Å². The third-order valence-corrected chi connectivity index (χ3v) is 2.97. The van der Waals surface area contributed by atoms with Gasteiger partial charge in [-0.25, -0.2) is 4.98 Å². The van der Waals surface area contributed by atoms with Gasteiger partial charge in [0.05, 0.1) is 11.0 Å². The summed E-state index contributed by atoms with van der Waals surface area (Å²) >= 11 is 5.86. The molecule has 3 aromatic rings. The van der Waals surface area contributed by atoms with E-state index in [-0.39, 0.29) is 5.75 Å². The molecule has 0 atom stereocenters. The molecule has 0 radical (unpaired) electrons. The topological polar surface area (TPSA) is 74.9 Å². The number of hydrogen-bond donors (Lipinski definition) is 3. The van der Waals surface area contributed by atoms with Gasteiger partial charge in [-0.1, -0.05) is 11.6 Å². The van der Waals surface area contributed by atoms with E-state index in [0.29, 0.717) is 16.5 Å². The number of hydrogen-bond acceptors (Lipinski definition) is 3.